The smallest absolute Gasteiger partial charge is 0.348 e. The Morgan fingerprint density at radius 3 is 2.75 bits per heavy atom. The van der Waals surface area contributed by atoms with Crippen molar-refractivity contribution in [3.05, 3.63) is 80.6 Å². The van der Waals surface area contributed by atoms with Crippen molar-refractivity contribution in [1.29, 1.82) is 0 Å². The standard InChI is InChI=1S/C26H29N3O6S/c1-4-33-26(32)23-17(3)22-24(31)27-21(28-25(22)36-23)14-29(13-19-9-7-11-34-19)12-18(30)15-35-20-10-6-5-8-16(20)2/h5-11,18,30H,4,12-15H2,1-3H3,(H,27,28,31)/t18-/m0/s1. The molecule has 2 N–H and O–H groups in total. The summed E-state index contributed by atoms with van der Waals surface area (Å²) in [5.41, 5.74) is 1.23. The van der Waals surface area contributed by atoms with E-state index in [0.29, 0.717) is 38.8 Å². The van der Waals surface area contributed by atoms with Crippen LogP contribution in [-0.4, -0.2) is 51.8 Å². The van der Waals surface area contributed by atoms with Gasteiger partial charge in [-0.1, -0.05) is 18.2 Å². The number of fused-ring (bicyclic) bond motifs is 1. The van der Waals surface area contributed by atoms with Crippen LogP contribution in [0.1, 0.15) is 39.3 Å². The number of nitrogens with zero attached hydrogens (tertiary/aromatic N) is 2. The summed E-state index contributed by atoms with van der Waals surface area (Å²) in [6, 6.07) is 11.3. The fourth-order valence-electron chi connectivity index (χ4n) is 3.93. The van der Waals surface area contributed by atoms with Crippen molar-refractivity contribution in [3.8, 4) is 5.75 Å². The highest BCUT2D eigenvalue weighted by Crippen LogP contribution is 2.28. The van der Waals surface area contributed by atoms with Gasteiger partial charge in [0.1, 0.15) is 39.8 Å². The van der Waals surface area contributed by atoms with Gasteiger partial charge < -0.3 is 24.0 Å². The second-order valence-corrected chi connectivity index (χ2v) is 9.45. The van der Waals surface area contributed by atoms with Gasteiger partial charge in [-0.15, -0.1) is 11.3 Å². The predicted octanol–water partition coefficient (Wildman–Crippen LogP) is 3.81. The molecule has 0 amide bonds. The first-order valence-electron chi connectivity index (χ1n) is 11.7. The van der Waals surface area contributed by atoms with Crippen LogP contribution in [0.3, 0.4) is 0 Å². The largest absolute Gasteiger partial charge is 0.491 e. The highest BCUT2D eigenvalue weighted by atomic mass is 32.1. The Morgan fingerprint density at radius 1 is 1.22 bits per heavy atom. The lowest BCUT2D eigenvalue weighted by atomic mass is 10.2. The molecule has 36 heavy (non-hydrogen) atoms. The van der Waals surface area contributed by atoms with E-state index in [9.17, 15) is 14.7 Å². The molecule has 1 atom stereocenters. The van der Waals surface area contributed by atoms with Crippen LogP contribution in [0, 0.1) is 13.8 Å². The molecule has 0 fully saturated rings. The van der Waals surface area contributed by atoms with Gasteiger partial charge >= 0.3 is 5.97 Å². The van der Waals surface area contributed by atoms with Crippen LogP contribution >= 0.6 is 11.3 Å². The summed E-state index contributed by atoms with van der Waals surface area (Å²) < 4.78 is 16.4. The van der Waals surface area contributed by atoms with E-state index in [-0.39, 0.29) is 31.9 Å². The van der Waals surface area contributed by atoms with Gasteiger partial charge in [0, 0.05) is 6.54 Å². The summed E-state index contributed by atoms with van der Waals surface area (Å²) in [6.45, 7) is 6.66. The number of benzene rings is 1. The molecule has 0 spiro atoms. The van der Waals surface area contributed by atoms with E-state index in [2.05, 4.69) is 9.97 Å². The van der Waals surface area contributed by atoms with E-state index >= 15 is 0 Å². The minimum absolute atomic E-state index is 0.107. The fourth-order valence-corrected chi connectivity index (χ4v) is 5.02. The van der Waals surface area contributed by atoms with E-state index in [1.54, 1.807) is 26.2 Å². The molecule has 0 bridgehead atoms. The zero-order chi connectivity index (χ0) is 25.7. The first kappa shape index (κ1) is 25.6. The Kier molecular flexibility index (Phi) is 8.19. The molecule has 3 heterocycles. The number of esters is 1. The van der Waals surface area contributed by atoms with Gasteiger partial charge in [0.2, 0.25) is 0 Å². The summed E-state index contributed by atoms with van der Waals surface area (Å²) in [6.07, 6.45) is 0.789. The summed E-state index contributed by atoms with van der Waals surface area (Å²) >= 11 is 1.14. The number of H-pyrrole nitrogens is 1. The molecule has 4 rings (SSSR count). The number of aliphatic hydroxyl groups is 1. The topological polar surface area (TPSA) is 118 Å². The third-order valence-corrected chi connectivity index (χ3v) is 6.80. The molecule has 0 radical (unpaired) electrons. The number of hydrogen-bond acceptors (Lipinski definition) is 9. The van der Waals surface area contributed by atoms with Gasteiger partial charge in [-0.2, -0.15) is 0 Å². The zero-order valence-corrected chi connectivity index (χ0v) is 21.3. The summed E-state index contributed by atoms with van der Waals surface area (Å²) in [4.78, 5) is 35.4. The third-order valence-electron chi connectivity index (χ3n) is 5.64. The number of furan rings is 1. The first-order chi connectivity index (χ1) is 17.4. The maximum atomic E-state index is 12.9. The monoisotopic (exact) mass is 511 g/mol. The summed E-state index contributed by atoms with van der Waals surface area (Å²) in [5.74, 6) is 1.39. The van der Waals surface area contributed by atoms with Crippen LogP contribution in [0.25, 0.3) is 10.2 Å². The van der Waals surface area contributed by atoms with Crippen molar-refractivity contribution < 1.29 is 23.8 Å². The van der Waals surface area contributed by atoms with Gasteiger partial charge in [0.05, 0.1) is 31.3 Å². The molecule has 10 heteroatoms. The second-order valence-electron chi connectivity index (χ2n) is 8.45. The quantitative estimate of drug-likeness (QED) is 0.292. The summed E-state index contributed by atoms with van der Waals surface area (Å²) in [7, 11) is 0. The van der Waals surface area contributed by atoms with E-state index in [1.807, 2.05) is 42.2 Å². The van der Waals surface area contributed by atoms with Crippen molar-refractivity contribution in [1.82, 2.24) is 14.9 Å². The number of rotatable bonds is 11. The van der Waals surface area contributed by atoms with Crippen molar-refractivity contribution in [2.75, 3.05) is 19.8 Å². The number of carbonyl (C=O) groups is 1. The van der Waals surface area contributed by atoms with Gasteiger partial charge in [0.15, 0.2) is 0 Å². The molecule has 0 saturated heterocycles. The minimum Gasteiger partial charge on any atom is -0.491 e. The molecule has 9 nitrogen and oxygen atoms in total. The molecule has 190 valence electrons. The van der Waals surface area contributed by atoms with Crippen LogP contribution in [0.4, 0.5) is 0 Å². The highest BCUT2D eigenvalue weighted by Gasteiger charge is 2.22. The van der Waals surface area contributed by atoms with E-state index in [0.717, 1.165) is 22.6 Å². The highest BCUT2D eigenvalue weighted by molar-refractivity contribution is 7.20. The van der Waals surface area contributed by atoms with Crippen LogP contribution in [-0.2, 0) is 17.8 Å². The van der Waals surface area contributed by atoms with Gasteiger partial charge in [-0.3, -0.25) is 9.69 Å². The maximum absolute atomic E-state index is 12.9. The van der Waals surface area contributed by atoms with Gasteiger partial charge in [-0.25, -0.2) is 9.78 Å². The lowest BCUT2D eigenvalue weighted by molar-refractivity contribution is 0.0531. The number of ether oxygens (including phenoxy) is 2. The zero-order valence-electron chi connectivity index (χ0n) is 20.4. The van der Waals surface area contributed by atoms with Crippen molar-refractivity contribution in [3.63, 3.8) is 0 Å². The predicted molar refractivity (Wildman–Crippen MR) is 136 cm³/mol. The molecule has 3 aromatic heterocycles. The van der Waals surface area contributed by atoms with E-state index in [1.165, 1.54) is 0 Å². The number of aromatic amines is 1. The van der Waals surface area contributed by atoms with Crippen molar-refractivity contribution in [2.24, 2.45) is 0 Å². The molecule has 0 aliphatic carbocycles. The maximum Gasteiger partial charge on any atom is 0.348 e. The lowest BCUT2D eigenvalue weighted by Gasteiger charge is -2.24. The Balaban J connectivity index is 1.53. The molecular formula is C26H29N3O6S. The van der Waals surface area contributed by atoms with Crippen molar-refractivity contribution in [2.45, 2.75) is 40.0 Å². The first-order valence-corrected chi connectivity index (χ1v) is 12.5. The number of aromatic nitrogens is 2. The number of nitrogens with one attached hydrogen (secondary N) is 1. The third kappa shape index (κ3) is 6.01. The number of para-hydroxylation sites is 1. The van der Waals surface area contributed by atoms with Crippen LogP contribution < -0.4 is 10.3 Å². The molecule has 0 aliphatic rings. The van der Waals surface area contributed by atoms with Crippen LogP contribution in [0.15, 0.2) is 51.9 Å². The normalized spacial score (nSPS) is 12.2. The van der Waals surface area contributed by atoms with E-state index < -0.39 is 12.1 Å². The molecule has 0 saturated carbocycles. The molecule has 0 unspecified atom stereocenters. The van der Waals surface area contributed by atoms with Crippen molar-refractivity contribution >= 4 is 27.5 Å². The molecular weight excluding hydrogens is 482 g/mol. The second kappa shape index (κ2) is 11.5. The number of hydrogen-bond donors (Lipinski definition) is 2. The lowest BCUT2D eigenvalue weighted by Crippen LogP contribution is -2.35. The van der Waals surface area contributed by atoms with E-state index in [4.69, 9.17) is 13.9 Å². The molecule has 1 aromatic carbocycles. The Labute approximate surface area is 212 Å². The SMILES string of the molecule is CCOC(=O)c1sc2nc(CN(Cc3ccco3)C[C@H](O)COc3ccccc3C)[nH]c(=O)c2c1C. The number of thiophene rings is 1. The minimum atomic E-state index is -0.797. The molecule has 4 aromatic rings. The Morgan fingerprint density at radius 2 is 2.03 bits per heavy atom. The van der Waals surface area contributed by atoms with Crippen LogP contribution in [0.2, 0.25) is 0 Å². The summed E-state index contributed by atoms with van der Waals surface area (Å²) in [5, 5.41) is 11.1. The Hall–Kier alpha value is -3.47. The number of carbonyl (C=O) groups excluding carboxylic acids is 1. The number of aryl methyl sites for hydroxylation is 2. The van der Waals surface area contributed by atoms with Gasteiger partial charge in [-0.05, 0) is 50.1 Å². The van der Waals surface area contributed by atoms with Gasteiger partial charge in [0.25, 0.3) is 5.56 Å². The average molecular weight is 512 g/mol. The average Bonchev–Trinajstić information content (AvgIpc) is 3.46. The Bertz CT molecular complexity index is 1380. The molecule has 0 aliphatic heterocycles. The number of aliphatic hydroxyl groups excluding tert-OH is 1. The fraction of sp³-hybridized carbons (Fsp3) is 0.346. The van der Waals surface area contributed by atoms with Crippen LogP contribution in [0.5, 0.6) is 5.75 Å².